The molecular weight excluding hydrogens is 278 g/mol. The molecule has 0 bridgehead atoms. The zero-order chi connectivity index (χ0) is 15.8. The van der Waals surface area contributed by atoms with Crippen molar-refractivity contribution in [3.63, 3.8) is 0 Å². The first-order valence-corrected chi connectivity index (χ1v) is 9.48. The minimum Gasteiger partial charge on any atom is -0.309 e. The molecule has 0 amide bonds. The van der Waals surface area contributed by atoms with Crippen LogP contribution in [0.25, 0.3) is 0 Å². The van der Waals surface area contributed by atoms with E-state index in [2.05, 4.69) is 64.2 Å². The second kappa shape index (κ2) is 9.37. The number of nitrogens with one attached hydrogen (secondary N) is 1. The number of hydrogen-bond donors (Lipinski definition) is 1. The summed E-state index contributed by atoms with van der Waals surface area (Å²) >= 11 is 0. The summed E-state index contributed by atoms with van der Waals surface area (Å²) in [7, 11) is -0.829. The molecule has 21 heavy (non-hydrogen) atoms. The second-order valence-electron chi connectivity index (χ2n) is 6.07. The lowest BCUT2D eigenvalue weighted by atomic mass is 10.0. The third kappa shape index (κ3) is 5.23. The summed E-state index contributed by atoms with van der Waals surface area (Å²) in [5, 5.41) is 4.01. The smallest absolute Gasteiger partial charge is 0.0543 e. The fourth-order valence-corrected chi connectivity index (χ4v) is 4.44. The van der Waals surface area contributed by atoms with Gasteiger partial charge in [-0.2, -0.15) is 0 Å². The summed E-state index contributed by atoms with van der Waals surface area (Å²) in [6, 6.07) is 10.6. The van der Waals surface area contributed by atoms with Gasteiger partial charge in [-0.15, -0.1) is 0 Å². The minimum absolute atomic E-state index is 0.163. The van der Waals surface area contributed by atoms with Crippen LogP contribution in [-0.4, -0.2) is 21.3 Å². The maximum Gasteiger partial charge on any atom is 0.0543 e. The molecule has 3 heteroatoms. The van der Waals surface area contributed by atoms with E-state index in [1.165, 1.54) is 5.56 Å². The standard InChI is InChI=1S/C18H31NOS/c1-6-13-19-18(16-11-9-8-10-12-16)17(7-2)21(20)15(5)14(3)4/h8-12,14-15,17-19H,6-7,13H2,1-5H3. The molecule has 0 aromatic heterocycles. The number of rotatable bonds is 9. The predicted molar refractivity (Wildman–Crippen MR) is 94.0 cm³/mol. The van der Waals surface area contributed by atoms with Crippen molar-refractivity contribution in [2.75, 3.05) is 6.54 Å². The topological polar surface area (TPSA) is 29.1 Å². The molecule has 0 aliphatic carbocycles. The van der Waals surface area contributed by atoms with Crippen molar-refractivity contribution >= 4 is 10.8 Å². The van der Waals surface area contributed by atoms with Crippen LogP contribution in [0.3, 0.4) is 0 Å². The van der Waals surface area contributed by atoms with E-state index in [1.807, 2.05) is 6.07 Å². The average molecular weight is 310 g/mol. The average Bonchev–Trinajstić information content (AvgIpc) is 2.50. The van der Waals surface area contributed by atoms with E-state index in [9.17, 15) is 4.21 Å². The van der Waals surface area contributed by atoms with Crippen molar-refractivity contribution in [1.82, 2.24) is 5.32 Å². The molecular formula is C18H31NOS. The third-order valence-electron chi connectivity index (χ3n) is 4.15. The summed E-state index contributed by atoms with van der Waals surface area (Å²) in [4.78, 5) is 0. The quantitative estimate of drug-likeness (QED) is 0.737. The Morgan fingerprint density at radius 1 is 1.10 bits per heavy atom. The molecule has 1 aromatic carbocycles. The van der Waals surface area contributed by atoms with Gasteiger partial charge in [0.05, 0.1) is 5.25 Å². The zero-order valence-corrected chi connectivity index (χ0v) is 15.0. The largest absolute Gasteiger partial charge is 0.309 e. The lowest BCUT2D eigenvalue weighted by Crippen LogP contribution is -2.39. The molecule has 1 N–H and O–H groups in total. The van der Waals surface area contributed by atoms with E-state index >= 15 is 0 Å². The molecule has 1 aromatic rings. The Morgan fingerprint density at radius 3 is 2.19 bits per heavy atom. The van der Waals surface area contributed by atoms with Crippen molar-refractivity contribution in [1.29, 1.82) is 0 Å². The molecule has 4 atom stereocenters. The highest BCUT2D eigenvalue weighted by Crippen LogP contribution is 2.27. The molecule has 0 spiro atoms. The minimum atomic E-state index is -0.829. The summed E-state index contributed by atoms with van der Waals surface area (Å²) in [5.74, 6) is 0.447. The Bertz CT molecular complexity index is 418. The molecule has 0 aliphatic rings. The van der Waals surface area contributed by atoms with Crippen LogP contribution in [0.4, 0.5) is 0 Å². The normalized spacial score (nSPS) is 17.4. The van der Waals surface area contributed by atoms with Gasteiger partial charge in [-0.25, -0.2) is 0 Å². The van der Waals surface area contributed by atoms with Gasteiger partial charge in [-0.05, 0) is 30.9 Å². The van der Waals surface area contributed by atoms with Crippen molar-refractivity contribution in [3.8, 4) is 0 Å². The first-order chi connectivity index (χ1) is 10.0. The van der Waals surface area contributed by atoms with Gasteiger partial charge in [-0.1, -0.05) is 65.0 Å². The van der Waals surface area contributed by atoms with Gasteiger partial charge in [0.1, 0.15) is 0 Å². The van der Waals surface area contributed by atoms with Crippen LogP contribution in [0.1, 0.15) is 59.1 Å². The summed E-state index contributed by atoms with van der Waals surface area (Å²) in [5.41, 5.74) is 1.25. The highest BCUT2D eigenvalue weighted by molar-refractivity contribution is 7.86. The first kappa shape index (κ1) is 18.4. The lowest BCUT2D eigenvalue weighted by molar-refractivity contribution is 0.488. The molecule has 4 unspecified atom stereocenters. The van der Waals surface area contributed by atoms with Gasteiger partial charge in [0.2, 0.25) is 0 Å². The molecule has 0 saturated heterocycles. The summed E-state index contributed by atoms with van der Waals surface area (Å²) < 4.78 is 13.0. The van der Waals surface area contributed by atoms with Crippen LogP contribution in [0.15, 0.2) is 30.3 Å². The van der Waals surface area contributed by atoms with E-state index in [-0.39, 0.29) is 16.5 Å². The van der Waals surface area contributed by atoms with E-state index < -0.39 is 10.8 Å². The molecule has 0 saturated carbocycles. The van der Waals surface area contributed by atoms with Gasteiger partial charge < -0.3 is 5.32 Å². The molecule has 0 aliphatic heterocycles. The van der Waals surface area contributed by atoms with Gasteiger partial charge in [0.25, 0.3) is 0 Å². The van der Waals surface area contributed by atoms with Gasteiger partial charge in [-0.3, -0.25) is 4.21 Å². The van der Waals surface area contributed by atoms with Crippen LogP contribution in [0.5, 0.6) is 0 Å². The summed E-state index contributed by atoms with van der Waals surface area (Å²) in [6.07, 6.45) is 2.02. The van der Waals surface area contributed by atoms with Crippen LogP contribution >= 0.6 is 0 Å². The number of hydrogen-bond acceptors (Lipinski definition) is 2. The fraction of sp³-hybridized carbons (Fsp3) is 0.667. The van der Waals surface area contributed by atoms with Crippen molar-refractivity contribution in [2.24, 2.45) is 5.92 Å². The molecule has 0 heterocycles. The predicted octanol–water partition coefficient (Wildman–Crippen LogP) is 4.30. The van der Waals surface area contributed by atoms with Crippen LogP contribution in [-0.2, 0) is 10.8 Å². The van der Waals surface area contributed by atoms with Crippen LogP contribution in [0, 0.1) is 5.92 Å². The molecule has 1 rings (SSSR count). The second-order valence-corrected chi connectivity index (χ2v) is 8.07. The van der Waals surface area contributed by atoms with Crippen molar-refractivity contribution in [3.05, 3.63) is 35.9 Å². The maximum atomic E-state index is 13.0. The van der Waals surface area contributed by atoms with Crippen molar-refractivity contribution < 1.29 is 4.21 Å². The Morgan fingerprint density at radius 2 is 1.71 bits per heavy atom. The Labute approximate surface area is 133 Å². The number of benzene rings is 1. The Kier molecular flexibility index (Phi) is 8.20. The van der Waals surface area contributed by atoms with E-state index in [1.54, 1.807) is 0 Å². The molecule has 2 nitrogen and oxygen atoms in total. The Hall–Kier alpha value is -0.670. The zero-order valence-electron chi connectivity index (χ0n) is 14.1. The lowest BCUT2D eigenvalue weighted by Gasteiger charge is -2.30. The van der Waals surface area contributed by atoms with E-state index in [4.69, 9.17) is 0 Å². The van der Waals surface area contributed by atoms with E-state index in [0.29, 0.717) is 5.92 Å². The fourth-order valence-electron chi connectivity index (χ4n) is 2.50. The maximum absolute atomic E-state index is 13.0. The first-order valence-electron chi connectivity index (χ1n) is 8.20. The van der Waals surface area contributed by atoms with E-state index in [0.717, 1.165) is 19.4 Å². The highest BCUT2D eigenvalue weighted by Gasteiger charge is 2.30. The monoisotopic (exact) mass is 309 g/mol. The van der Waals surface area contributed by atoms with Gasteiger partial charge >= 0.3 is 0 Å². The van der Waals surface area contributed by atoms with Crippen LogP contribution < -0.4 is 5.32 Å². The summed E-state index contributed by atoms with van der Waals surface area (Å²) in [6.45, 7) is 11.7. The van der Waals surface area contributed by atoms with Crippen LogP contribution in [0.2, 0.25) is 0 Å². The highest BCUT2D eigenvalue weighted by atomic mass is 32.2. The molecule has 120 valence electrons. The van der Waals surface area contributed by atoms with Gasteiger partial charge in [0, 0.05) is 22.1 Å². The third-order valence-corrected chi connectivity index (χ3v) is 6.63. The SMILES string of the molecule is CCCNC(c1ccccc1)C(CC)S(=O)C(C)C(C)C. The van der Waals surface area contributed by atoms with Crippen molar-refractivity contribution in [2.45, 2.75) is 64.0 Å². The Balaban J connectivity index is 3.01. The van der Waals surface area contributed by atoms with Gasteiger partial charge in [0.15, 0.2) is 0 Å². The molecule has 0 fully saturated rings. The molecule has 0 radical (unpaired) electrons.